The Bertz CT molecular complexity index is 1190. The van der Waals surface area contributed by atoms with E-state index in [0.717, 1.165) is 6.42 Å². The Morgan fingerprint density at radius 1 is 1.03 bits per heavy atom. The summed E-state index contributed by atoms with van der Waals surface area (Å²) in [6.07, 6.45) is 1.07. The Labute approximate surface area is 179 Å². The summed E-state index contributed by atoms with van der Waals surface area (Å²) < 4.78 is 18.7. The number of rotatable bonds is 7. The molecule has 0 unspecified atom stereocenters. The number of nitrogens with zero attached hydrogens (tertiary/aromatic N) is 3. The first kappa shape index (κ1) is 20.5. The van der Waals surface area contributed by atoms with E-state index < -0.39 is 0 Å². The SMILES string of the molecule is CC[C@@H](C)c1ccc(OCC(=O)Nc2ccc3nn(-c4ccc(F)cc4)nc3c2)cc1. The average molecular weight is 418 g/mol. The molecule has 0 bridgehead atoms. The second-order valence-corrected chi connectivity index (χ2v) is 7.38. The van der Waals surface area contributed by atoms with Gasteiger partial charge >= 0.3 is 0 Å². The highest BCUT2D eigenvalue weighted by atomic mass is 19.1. The van der Waals surface area contributed by atoms with Crippen molar-refractivity contribution < 1.29 is 13.9 Å². The Morgan fingerprint density at radius 2 is 1.74 bits per heavy atom. The van der Waals surface area contributed by atoms with Crippen LogP contribution in [0, 0.1) is 5.82 Å². The average Bonchev–Trinajstić information content (AvgIpc) is 3.21. The minimum atomic E-state index is -0.320. The summed E-state index contributed by atoms with van der Waals surface area (Å²) in [5, 5.41) is 11.6. The lowest BCUT2D eigenvalue weighted by Gasteiger charge is -2.11. The van der Waals surface area contributed by atoms with E-state index in [4.69, 9.17) is 4.74 Å². The van der Waals surface area contributed by atoms with Crippen LogP contribution in [0.3, 0.4) is 0 Å². The van der Waals surface area contributed by atoms with Crippen LogP contribution in [-0.2, 0) is 4.79 Å². The van der Waals surface area contributed by atoms with Crippen molar-refractivity contribution in [3.63, 3.8) is 0 Å². The molecule has 158 valence electrons. The Balaban J connectivity index is 1.38. The van der Waals surface area contributed by atoms with Crippen molar-refractivity contribution in [3.8, 4) is 11.4 Å². The zero-order chi connectivity index (χ0) is 21.8. The number of nitrogens with one attached hydrogen (secondary N) is 1. The van der Waals surface area contributed by atoms with Crippen LogP contribution in [0.1, 0.15) is 31.7 Å². The van der Waals surface area contributed by atoms with Crippen molar-refractivity contribution in [2.24, 2.45) is 0 Å². The summed E-state index contributed by atoms with van der Waals surface area (Å²) in [6, 6.07) is 19.0. The smallest absolute Gasteiger partial charge is 0.262 e. The third-order valence-corrected chi connectivity index (χ3v) is 5.15. The van der Waals surface area contributed by atoms with Gasteiger partial charge in [0.05, 0.1) is 5.69 Å². The maximum absolute atomic E-state index is 13.1. The molecule has 0 saturated heterocycles. The fourth-order valence-corrected chi connectivity index (χ4v) is 3.16. The summed E-state index contributed by atoms with van der Waals surface area (Å²) >= 11 is 0. The molecule has 0 aliphatic heterocycles. The topological polar surface area (TPSA) is 69.0 Å². The molecule has 31 heavy (non-hydrogen) atoms. The summed E-state index contributed by atoms with van der Waals surface area (Å²) in [5.74, 6) is 0.559. The van der Waals surface area contributed by atoms with E-state index in [1.54, 1.807) is 30.3 Å². The van der Waals surface area contributed by atoms with Crippen LogP contribution in [-0.4, -0.2) is 27.5 Å². The summed E-state index contributed by atoms with van der Waals surface area (Å²) in [4.78, 5) is 13.7. The molecule has 1 N–H and O–H groups in total. The number of halogens is 1. The maximum Gasteiger partial charge on any atom is 0.262 e. The molecule has 7 heteroatoms. The van der Waals surface area contributed by atoms with Gasteiger partial charge in [0.15, 0.2) is 6.61 Å². The van der Waals surface area contributed by atoms with Crippen molar-refractivity contribution in [1.29, 1.82) is 0 Å². The first-order valence-corrected chi connectivity index (χ1v) is 10.2. The van der Waals surface area contributed by atoms with Gasteiger partial charge < -0.3 is 10.1 Å². The zero-order valence-corrected chi connectivity index (χ0v) is 17.4. The zero-order valence-electron chi connectivity index (χ0n) is 17.4. The number of carbonyl (C=O) groups excluding carboxylic acids is 1. The standard InChI is InChI=1S/C24H23FN4O2/c1-3-16(2)17-4-11-21(12-5-17)31-15-24(30)26-19-8-13-22-23(14-19)28-29(27-22)20-9-6-18(25)7-10-20/h4-14,16H,3,15H2,1-2H3,(H,26,30)/t16-/m1/s1. The molecule has 1 heterocycles. The molecule has 6 nitrogen and oxygen atoms in total. The molecule has 0 aliphatic rings. The molecule has 0 spiro atoms. The third kappa shape index (κ3) is 4.88. The molecule has 3 aromatic carbocycles. The van der Waals surface area contributed by atoms with Crippen LogP contribution < -0.4 is 10.1 Å². The Kier molecular flexibility index (Phi) is 5.93. The van der Waals surface area contributed by atoms with Gasteiger partial charge in [-0.2, -0.15) is 4.80 Å². The second kappa shape index (κ2) is 8.95. The normalized spacial score (nSPS) is 12.0. The molecule has 4 aromatic rings. The van der Waals surface area contributed by atoms with Gasteiger partial charge in [0.1, 0.15) is 22.6 Å². The molecule has 0 radical (unpaired) electrons. The fraction of sp³-hybridized carbons (Fsp3) is 0.208. The fourth-order valence-electron chi connectivity index (χ4n) is 3.16. The second-order valence-electron chi connectivity index (χ2n) is 7.38. The number of aromatic nitrogens is 3. The van der Waals surface area contributed by atoms with Gasteiger partial charge in [0.2, 0.25) is 0 Å². The van der Waals surface area contributed by atoms with Crippen LogP contribution in [0.25, 0.3) is 16.7 Å². The number of hydrogen-bond donors (Lipinski definition) is 1. The van der Waals surface area contributed by atoms with Gasteiger partial charge in [0.25, 0.3) is 5.91 Å². The van der Waals surface area contributed by atoms with Crippen LogP contribution >= 0.6 is 0 Å². The minimum absolute atomic E-state index is 0.0943. The summed E-state index contributed by atoms with van der Waals surface area (Å²) in [7, 11) is 0. The first-order valence-electron chi connectivity index (χ1n) is 10.2. The maximum atomic E-state index is 13.1. The predicted octanol–water partition coefficient (Wildman–Crippen LogP) is 5.09. The number of amides is 1. The van der Waals surface area contributed by atoms with E-state index in [1.165, 1.54) is 22.5 Å². The molecular weight excluding hydrogens is 395 g/mol. The first-order chi connectivity index (χ1) is 15.0. The van der Waals surface area contributed by atoms with Crippen molar-refractivity contribution in [1.82, 2.24) is 15.0 Å². The molecule has 1 atom stereocenters. The monoisotopic (exact) mass is 418 g/mol. The third-order valence-electron chi connectivity index (χ3n) is 5.15. The van der Waals surface area contributed by atoms with Gasteiger partial charge in [-0.05, 0) is 72.5 Å². The van der Waals surface area contributed by atoms with Gasteiger partial charge in [-0.1, -0.05) is 26.0 Å². The minimum Gasteiger partial charge on any atom is -0.484 e. The molecule has 1 aromatic heterocycles. The van der Waals surface area contributed by atoms with E-state index in [9.17, 15) is 9.18 Å². The molecule has 0 aliphatic carbocycles. The van der Waals surface area contributed by atoms with E-state index in [-0.39, 0.29) is 18.3 Å². The largest absolute Gasteiger partial charge is 0.484 e. The molecule has 4 rings (SSSR count). The molecule has 0 fully saturated rings. The number of benzene rings is 3. The quantitative estimate of drug-likeness (QED) is 0.454. The van der Waals surface area contributed by atoms with E-state index >= 15 is 0 Å². The number of carbonyl (C=O) groups is 1. The summed E-state index contributed by atoms with van der Waals surface area (Å²) in [5.41, 5.74) is 3.78. The highest BCUT2D eigenvalue weighted by Crippen LogP contribution is 2.22. The van der Waals surface area contributed by atoms with Crippen LogP contribution in [0.15, 0.2) is 66.7 Å². The Morgan fingerprint density at radius 3 is 2.45 bits per heavy atom. The van der Waals surface area contributed by atoms with Crippen LogP contribution in [0.2, 0.25) is 0 Å². The van der Waals surface area contributed by atoms with E-state index in [2.05, 4.69) is 29.4 Å². The number of fused-ring (bicyclic) bond motifs is 1. The van der Waals surface area contributed by atoms with Gasteiger partial charge in [0, 0.05) is 5.69 Å². The van der Waals surface area contributed by atoms with Crippen molar-refractivity contribution in [3.05, 3.63) is 78.1 Å². The van der Waals surface area contributed by atoms with E-state index in [0.29, 0.717) is 34.1 Å². The van der Waals surface area contributed by atoms with Crippen molar-refractivity contribution in [2.45, 2.75) is 26.2 Å². The van der Waals surface area contributed by atoms with Crippen LogP contribution in [0.4, 0.5) is 10.1 Å². The predicted molar refractivity (Wildman–Crippen MR) is 118 cm³/mol. The van der Waals surface area contributed by atoms with Crippen molar-refractivity contribution in [2.75, 3.05) is 11.9 Å². The highest BCUT2D eigenvalue weighted by Gasteiger charge is 2.09. The van der Waals surface area contributed by atoms with E-state index in [1.807, 2.05) is 24.3 Å². The molecule has 0 saturated carbocycles. The Hall–Kier alpha value is -3.74. The van der Waals surface area contributed by atoms with Gasteiger partial charge in [-0.3, -0.25) is 4.79 Å². The number of hydrogen-bond acceptors (Lipinski definition) is 4. The number of ether oxygens (including phenoxy) is 1. The summed E-state index contributed by atoms with van der Waals surface area (Å²) in [6.45, 7) is 4.24. The lowest BCUT2D eigenvalue weighted by Crippen LogP contribution is -2.20. The van der Waals surface area contributed by atoms with Gasteiger partial charge in [-0.25, -0.2) is 4.39 Å². The lowest BCUT2D eigenvalue weighted by molar-refractivity contribution is -0.118. The van der Waals surface area contributed by atoms with Gasteiger partial charge in [-0.15, -0.1) is 10.2 Å². The number of anilines is 1. The lowest BCUT2D eigenvalue weighted by atomic mass is 9.99. The van der Waals surface area contributed by atoms with Crippen LogP contribution in [0.5, 0.6) is 5.75 Å². The van der Waals surface area contributed by atoms with Crippen molar-refractivity contribution >= 4 is 22.6 Å². The molecular formula is C24H23FN4O2. The highest BCUT2D eigenvalue weighted by molar-refractivity contribution is 5.93. The molecule has 1 amide bonds.